The van der Waals surface area contributed by atoms with Crippen LogP contribution < -0.4 is 4.74 Å². The first-order valence-electron chi connectivity index (χ1n) is 6.19. The third kappa shape index (κ3) is 2.07. The fourth-order valence-electron chi connectivity index (χ4n) is 2.17. The number of nitrogens with one attached hydrogen (secondary N) is 1. The standard InChI is InChI=1S/C14H14N2O3/c1-8(14(17)18)13-15-7-11(16-13)9-2-3-12-10(6-9)4-5-19-12/h2-3,6-8H,4-5H2,1H3,(H,15,16)(H,17,18). The first kappa shape index (κ1) is 11.8. The number of carboxylic acid groups (broad SMARTS) is 1. The van der Waals surface area contributed by atoms with Gasteiger partial charge in [0.2, 0.25) is 0 Å². The highest BCUT2D eigenvalue weighted by Gasteiger charge is 2.18. The number of fused-ring (bicyclic) bond motifs is 1. The van der Waals surface area contributed by atoms with E-state index in [2.05, 4.69) is 16.0 Å². The summed E-state index contributed by atoms with van der Waals surface area (Å²) in [7, 11) is 0. The van der Waals surface area contributed by atoms with E-state index in [1.54, 1.807) is 13.1 Å². The van der Waals surface area contributed by atoms with Gasteiger partial charge in [-0.05, 0) is 30.7 Å². The summed E-state index contributed by atoms with van der Waals surface area (Å²) in [6, 6.07) is 5.96. The number of carboxylic acids is 1. The van der Waals surface area contributed by atoms with Gasteiger partial charge in [-0.15, -0.1) is 0 Å². The number of carbonyl (C=O) groups is 1. The predicted octanol–water partition coefficient (Wildman–Crippen LogP) is 2.20. The van der Waals surface area contributed by atoms with Crippen molar-refractivity contribution in [2.24, 2.45) is 0 Å². The molecule has 0 saturated heterocycles. The topological polar surface area (TPSA) is 75.2 Å². The second kappa shape index (κ2) is 4.42. The summed E-state index contributed by atoms with van der Waals surface area (Å²) in [5.74, 6) is -0.114. The quantitative estimate of drug-likeness (QED) is 0.885. The Hall–Kier alpha value is -2.30. The Bertz CT molecular complexity index is 633. The highest BCUT2D eigenvalue weighted by Crippen LogP contribution is 2.30. The van der Waals surface area contributed by atoms with Gasteiger partial charge in [-0.25, -0.2) is 4.98 Å². The SMILES string of the molecule is CC(C(=O)O)c1ncc(-c2ccc3c(c2)CCO3)[nH]1. The van der Waals surface area contributed by atoms with Gasteiger partial charge in [0.15, 0.2) is 0 Å². The van der Waals surface area contributed by atoms with Crippen molar-refractivity contribution in [1.82, 2.24) is 9.97 Å². The van der Waals surface area contributed by atoms with E-state index in [0.717, 1.165) is 30.0 Å². The third-order valence-electron chi connectivity index (χ3n) is 3.38. The fraction of sp³-hybridized carbons (Fsp3) is 0.286. The van der Waals surface area contributed by atoms with Crippen LogP contribution in [0.1, 0.15) is 24.2 Å². The summed E-state index contributed by atoms with van der Waals surface area (Å²) in [5.41, 5.74) is 3.01. The number of hydrogen-bond acceptors (Lipinski definition) is 3. The van der Waals surface area contributed by atoms with Gasteiger partial charge in [-0.3, -0.25) is 4.79 Å². The Morgan fingerprint density at radius 2 is 2.37 bits per heavy atom. The Morgan fingerprint density at radius 1 is 1.53 bits per heavy atom. The zero-order valence-electron chi connectivity index (χ0n) is 10.5. The number of ether oxygens (including phenoxy) is 1. The molecule has 1 unspecified atom stereocenters. The number of aromatic nitrogens is 2. The number of rotatable bonds is 3. The van der Waals surface area contributed by atoms with Crippen LogP contribution in [0.25, 0.3) is 11.3 Å². The minimum absolute atomic E-state index is 0.472. The van der Waals surface area contributed by atoms with Crippen molar-refractivity contribution in [2.45, 2.75) is 19.3 Å². The van der Waals surface area contributed by atoms with E-state index in [0.29, 0.717) is 5.82 Å². The van der Waals surface area contributed by atoms with Gasteiger partial charge in [0.1, 0.15) is 17.5 Å². The monoisotopic (exact) mass is 258 g/mol. The summed E-state index contributed by atoms with van der Waals surface area (Å²) in [6.07, 6.45) is 2.59. The molecule has 1 aromatic heterocycles. The minimum Gasteiger partial charge on any atom is -0.493 e. The van der Waals surface area contributed by atoms with Crippen LogP contribution in [-0.2, 0) is 11.2 Å². The first-order chi connectivity index (χ1) is 9.15. The normalized spacial score (nSPS) is 14.8. The van der Waals surface area contributed by atoms with E-state index < -0.39 is 11.9 Å². The number of aliphatic carboxylic acids is 1. The molecule has 0 fully saturated rings. The number of H-pyrrole nitrogens is 1. The molecule has 0 radical (unpaired) electrons. The molecule has 1 aromatic carbocycles. The van der Waals surface area contributed by atoms with Crippen molar-refractivity contribution in [3.8, 4) is 17.0 Å². The Morgan fingerprint density at radius 3 is 3.16 bits per heavy atom. The number of hydrogen-bond donors (Lipinski definition) is 2. The van der Waals surface area contributed by atoms with Gasteiger partial charge >= 0.3 is 5.97 Å². The van der Waals surface area contributed by atoms with E-state index in [9.17, 15) is 4.79 Å². The smallest absolute Gasteiger partial charge is 0.313 e. The highest BCUT2D eigenvalue weighted by atomic mass is 16.5. The lowest BCUT2D eigenvalue weighted by Crippen LogP contribution is -2.08. The molecule has 98 valence electrons. The van der Waals surface area contributed by atoms with Crippen LogP contribution in [-0.4, -0.2) is 27.7 Å². The molecule has 5 heteroatoms. The van der Waals surface area contributed by atoms with Crippen molar-refractivity contribution < 1.29 is 14.6 Å². The van der Waals surface area contributed by atoms with Crippen molar-refractivity contribution in [2.75, 3.05) is 6.61 Å². The lowest BCUT2D eigenvalue weighted by atomic mass is 10.1. The van der Waals surface area contributed by atoms with Crippen LogP contribution in [0.2, 0.25) is 0 Å². The van der Waals surface area contributed by atoms with Crippen LogP contribution in [0.5, 0.6) is 5.75 Å². The Labute approximate surface area is 110 Å². The minimum atomic E-state index is -0.886. The lowest BCUT2D eigenvalue weighted by molar-refractivity contribution is -0.138. The lowest BCUT2D eigenvalue weighted by Gasteiger charge is -2.03. The van der Waals surface area contributed by atoms with Crippen molar-refractivity contribution in [1.29, 1.82) is 0 Å². The molecule has 0 saturated carbocycles. The molecule has 0 amide bonds. The number of benzene rings is 1. The molecule has 0 aliphatic carbocycles. The van der Waals surface area contributed by atoms with Crippen molar-refractivity contribution in [3.05, 3.63) is 35.8 Å². The average molecular weight is 258 g/mol. The first-order valence-corrected chi connectivity index (χ1v) is 6.19. The molecule has 2 N–H and O–H groups in total. The molecular weight excluding hydrogens is 244 g/mol. The molecule has 0 bridgehead atoms. The van der Waals surface area contributed by atoms with Gasteiger partial charge in [0, 0.05) is 12.0 Å². The molecule has 1 aliphatic heterocycles. The molecule has 2 heterocycles. The van der Waals surface area contributed by atoms with Crippen LogP contribution >= 0.6 is 0 Å². The summed E-state index contributed by atoms with van der Waals surface area (Å²) < 4.78 is 5.46. The van der Waals surface area contributed by atoms with Crippen LogP contribution in [0, 0.1) is 0 Å². The second-order valence-electron chi connectivity index (χ2n) is 4.66. The van der Waals surface area contributed by atoms with Crippen LogP contribution in [0.3, 0.4) is 0 Å². The fourth-order valence-corrected chi connectivity index (χ4v) is 2.17. The molecule has 1 atom stereocenters. The Kier molecular flexibility index (Phi) is 2.74. The maximum atomic E-state index is 10.9. The Balaban J connectivity index is 1.92. The maximum absolute atomic E-state index is 10.9. The average Bonchev–Trinajstić information content (AvgIpc) is 3.05. The van der Waals surface area contributed by atoms with E-state index in [4.69, 9.17) is 9.84 Å². The molecular formula is C14H14N2O3. The van der Waals surface area contributed by atoms with Gasteiger partial charge < -0.3 is 14.8 Å². The zero-order valence-corrected chi connectivity index (χ0v) is 10.5. The summed E-state index contributed by atoms with van der Waals surface area (Å²) in [5, 5.41) is 8.97. The van der Waals surface area contributed by atoms with Crippen molar-refractivity contribution in [3.63, 3.8) is 0 Å². The van der Waals surface area contributed by atoms with E-state index in [-0.39, 0.29) is 0 Å². The summed E-state index contributed by atoms with van der Waals surface area (Å²) in [4.78, 5) is 18.1. The van der Waals surface area contributed by atoms with Gasteiger partial charge in [0.05, 0.1) is 18.5 Å². The van der Waals surface area contributed by atoms with Gasteiger partial charge in [0.25, 0.3) is 0 Å². The molecule has 5 nitrogen and oxygen atoms in total. The molecule has 1 aliphatic rings. The number of imidazole rings is 1. The van der Waals surface area contributed by atoms with Crippen LogP contribution in [0.4, 0.5) is 0 Å². The maximum Gasteiger partial charge on any atom is 0.313 e. The molecule has 2 aromatic rings. The van der Waals surface area contributed by atoms with Crippen molar-refractivity contribution >= 4 is 5.97 Å². The molecule has 0 spiro atoms. The van der Waals surface area contributed by atoms with Gasteiger partial charge in [-0.2, -0.15) is 0 Å². The zero-order chi connectivity index (χ0) is 13.4. The largest absolute Gasteiger partial charge is 0.493 e. The third-order valence-corrected chi connectivity index (χ3v) is 3.38. The molecule has 19 heavy (non-hydrogen) atoms. The molecule has 3 rings (SSSR count). The summed E-state index contributed by atoms with van der Waals surface area (Å²) in [6.45, 7) is 2.34. The van der Waals surface area contributed by atoms with Crippen LogP contribution in [0.15, 0.2) is 24.4 Å². The number of nitrogens with zero attached hydrogens (tertiary/aromatic N) is 1. The van der Waals surface area contributed by atoms with Gasteiger partial charge in [-0.1, -0.05) is 0 Å². The highest BCUT2D eigenvalue weighted by molar-refractivity contribution is 5.74. The number of aromatic amines is 1. The second-order valence-corrected chi connectivity index (χ2v) is 4.66. The summed E-state index contributed by atoms with van der Waals surface area (Å²) >= 11 is 0. The van der Waals surface area contributed by atoms with E-state index in [1.807, 2.05) is 12.1 Å². The van der Waals surface area contributed by atoms with E-state index in [1.165, 1.54) is 5.56 Å². The van der Waals surface area contributed by atoms with E-state index >= 15 is 0 Å². The predicted molar refractivity (Wildman–Crippen MR) is 69.3 cm³/mol.